The number of carbonyl (C=O) groups is 1. The molecule has 1 aliphatic rings. The van der Waals surface area contributed by atoms with Crippen LogP contribution in [-0.2, 0) is 17.6 Å². The van der Waals surface area contributed by atoms with Crippen molar-refractivity contribution >= 4 is 17.6 Å². The molecule has 4 nitrogen and oxygen atoms in total. The van der Waals surface area contributed by atoms with Crippen LogP contribution in [0.15, 0.2) is 48.5 Å². The van der Waals surface area contributed by atoms with Gasteiger partial charge in [-0.2, -0.15) is 5.10 Å². The second-order valence-corrected chi connectivity index (χ2v) is 6.15. The van der Waals surface area contributed by atoms with E-state index in [0.29, 0.717) is 5.69 Å². The monoisotopic (exact) mass is 338 g/mol. The Hall–Kier alpha value is -2.59. The first-order valence-electron chi connectivity index (χ1n) is 7.73. The maximum atomic E-state index is 12.2. The SMILES string of the molecule is COC(=O)c1nn(-c2ccccc2)c2c1CCc1cc(Cl)ccc1-2. The van der Waals surface area contributed by atoms with Gasteiger partial charge in [-0.1, -0.05) is 35.9 Å². The summed E-state index contributed by atoms with van der Waals surface area (Å²) >= 11 is 6.14. The minimum atomic E-state index is -0.404. The highest BCUT2D eigenvalue weighted by Crippen LogP contribution is 2.38. The predicted octanol–water partition coefficient (Wildman–Crippen LogP) is 4.08. The molecule has 0 aliphatic heterocycles. The molecule has 0 N–H and O–H groups in total. The highest BCUT2D eigenvalue weighted by molar-refractivity contribution is 6.30. The molecule has 0 saturated heterocycles. The summed E-state index contributed by atoms with van der Waals surface area (Å²) in [5.41, 5.74) is 5.40. The fourth-order valence-corrected chi connectivity index (χ4v) is 3.44. The number of aromatic nitrogens is 2. The summed E-state index contributed by atoms with van der Waals surface area (Å²) in [6, 6.07) is 15.7. The molecule has 5 heteroatoms. The molecule has 1 aromatic heterocycles. The first kappa shape index (κ1) is 15.0. The molecule has 1 aliphatic carbocycles. The van der Waals surface area contributed by atoms with E-state index in [1.807, 2.05) is 53.2 Å². The highest BCUT2D eigenvalue weighted by atomic mass is 35.5. The lowest BCUT2D eigenvalue weighted by Crippen LogP contribution is -2.09. The number of para-hydroxylation sites is 1. The quantitative estimate of drug-likeness (QED) is 0.661. The summed E-state index contributed by atoms with van der Waals surface area (Å²) in [7, 11) is 1.38. The number of hydrogen-bond donors (Lipinski definition) is 0. The molecule has 0 atom stereocenters. The number of carbonyl (C=O) groups excluding carboxylic acids is 1. The van der Waals surface area contributed by atoms with E-state index < -0.39 is 5.97 Å². The third kappa shape index (κ3) is 2.31. The van der Waals surface area contributed by atoms with Gasteiger partial charge in [-0.3, -0.25) is 0 Å². The first-order chi connectivity index (χ1) is 11.7. The van der Waals surface area contributed by atoms with Gasteiger partial charge in [0.2, 0.25) is 0 Å². The normalized spacial score (nSPS) is 12.4. The number of nitrogens with zero attached hydrogens (tertiary/aromatic N) is 2. The average molecular weight is 339 g/mol. The van der Waals surface area contributed by atoms with Gasteiger partial charge in [0.15, 0.2) is 5.69 Å². The Labute approximate surface area is 144 Å². The number of halogens is 1. The lowest BCUT2D eigenvalue weighted by atomic mass is 9.89. The number of ether oxygens (including phenoxy) is 1. The van der Waals surface area contributed by atoms with Gasteiger partial charge < -0.3 is 4.74 Å². The van der Waals surface area contributed by atoms with E-state index in [0.717, 1.165) is 40.4 Å². The summed E-state index contributed by atoms with van der Waals surface area (Å²) in [6.07, 6.45) is 1.56. The molecular weight excluding hydrogens is 324 g/mol. The van der Waals surface area contributed by atoms with Crippen LogP contribution in [0.4, 0.5) is 0 Å². The van der Waals surface area contributed by atoms with Crippen molar-refractivity contribution in [1.29, 1.82) is 0 Å². The van der Waals surface area contributed by atoms with Crippen molar-refractivity contribution in [3.05, 3.63) is 70.4 Å². The molecule has 0 amide bonds. The van der Waals surface area contributed by atoms with E-state index in [4.69, 9.17) is 16.3 Å². The second-order valence-electron chi connectivity index (χ2n) is 5.72. The van der Waals surface area contributed by atoms with Crippen LogP contribution in [0.25, 0.3) is 16.9 Å². The molecule has 2 aromatic carbocycles. The molecule has 24 heavy (non-hydrogen) atoms. The van der Waals surface area contributed by atoms with Gasteiger partial charge in [0.25, 0.3) is 0 Å². The van der Waals surface area contributed by atoms with Crippen LogP contribution in [-0.4, -0.2) is 22.9 Å². The molecule has 0 unspecified atom stereocenters. The number of methoxy groups -OCH3 is 1. The van der Waals surface area contributed by atoms with Crippen LogP contribution in [0.3, 0.4) is 0 Å². The van der Waals surface area contributed by atoms with Crippen LogP contribution in [0, 0.1) is 0 Å². The molecule has 0 spiro atoms. The van der Waals surface area contributed by atoms with Gasteiger partial charge in [0.1, 0.15) is 0 Å². The summed E-state index contributed by atoms with van der Waals surface area (Å²) in [5.74, 6) is -0.404. The zero-order chi connectivity index (χ0) is 16.7. The molecule has 1 heterocycles. The summed E-state index contributed by atoms with van der Waals surface area (Å²) in [5, 5.41) is 5.28. The molecule has 4 rings (SSSR count). The minimum Gasteiger partial charge on any atom is -0.464 e. The minimum absolute atomic E-state index is 0.386. The lowest BCUT2D eigenvalue weighted by Gasteiger charge is -2.19. The van der Waals surface area contributed by atoms with E-state index in [2.05, 4.69) is 5.10 Å². The second kappa shape index (κ2) is 5.80. The fourth-order valence-electron chi connectivity index (χ4n) is 3.24. The van der Waals surface area contributed by atoms with Crippen molar-refractivity contribution in [2.45, 2.75) is 12.8 Å². The predicted molar refractivity (Wildman–Crippen MR) is 92.8 cm³/mol. The van der Waals surface area contributed by atoms with E-state index in [-0.39, 0.29) is 0 Å². The van der Waals surface area contributed by atoms with Gasteiger partial charge in [0.05, 0.1) is 18.5 Å². The van der Waals surface area contributed by atoms with Crippen molar-refractivity contribution in [3.63, 3.8) is 0 Å². The zero-order valence-electron chi connectivity index (χ0n) is 13.1. The molecule has 0 bridgehead atoms. The zero-order valence-corrected chi connectivity index (χ0v) is 13.9. The molecule has 120 valence electrons. The average Bonchev–Trinajstić information content (AvgIpc) is 3.01. The van der Waals surface area contributed by atoms with Crippen LogP contribution < -0.4 is 0 Å². The van der Waals surface area contributed by atoms with E-state index in [9.17, 15) is 4.79 Å². The van der Waals surface area contributed by atoms with Crippen LogP contribution in [0.2, 0.25) is 5.02 Å². The Morgan fingerprint density at radius 1 is 1.17 bits per heavy atom. The summed E-state index contributed by atoms with van der Waals surface area (Å²) in [4.78, 5) is 12.2. The maximum absolute atomic E-state index is 12.2. The third-order valence-corrected chi connectivity index (χ3v) is 4.56. The highest BCUT2D eigenvalue weighted by Gasteiger charge is 2.29. The smallest absolute Gasteiger partial charge is 0.358 e. The van der Waals surface area contributed by atoms with Crippen LogP contribution in [0.1, 0.15) is 21.6 Å². The third-order valence-electron chi connectivity index (χ3n) is 4.33. The Kier molecular flexibility index (Phi) is 3.62. The maximum Gasteiger partial charge on any atom is 0.358 e. The Balaban J connectivity index is 2.01. The van der Waals surface area contributed by atoms with Gasteiger partial charge >= 0.3 is 5.97 Å². The van der Waals surface area contributed by atoms with Crippen LogP contribution in [0.5, 0.6) is 0 Å². The fraction of sp³-hybridized carbons (Fsp3) is 0.158. The van der Waals surface area contributed by atoms with Gasteiger partial charge in [-0.25, -0.2) is 9.48 Å². The van der Waals surface area contributed by atoms with E-state index in [1.165, 1.54) is 12.7 Å². The van der Waals surface area contributed by atoms with Gasteiger partial charge in [0, 0.05) is 16.1 Å². The molecule has 0 fully saturated rings. The number of benzene rings is 2. The Bertz CT molecular complexity index is 932. The van der Waals surface area contributed by atoms with E-state index >= 15 is 0 Å². The number of hydrogen-bond acceptors (Lipinski definition) is 3. The lowest BCUT2D eigenvalue weighted by molar-refractivity contribution is 0.0592. The van der Waals surface area contributed by atoms with Crippen molar-refractivity contribution in [2.75, 3.05) is 7.11 Å². The molecule has 0 radical (unpaired) electrons. The molecule has 3 aromatic rings. The van der Waals surface area contributed by atoms with Crippen LogP contribution >= 0.6 is 11.6 Å². The van der Waals surface area contributed by atoms with Crippen molar-refractivity contribution < 1.29 is 9.53 Å². The van der Waals surface area contributed by atoms with Gasteiger partial charge in [-0.15, -0.1) is 0 Å². The number of esters is 1. The van der Waals surface area contributed by atoms with E-state index in [1.54, 1.807) is 0 Å². The molecule has 0 saturated carbocycles. The summed E-state index contributed by atoms with van der Waals surface area (Å²) < 4.78 is 6.75. The Morgan fingerprint density at radius 2 is 1.96 bits per heavy atom. The summed E-state index contributed by atoms with van der Waals surface area (Å²) in [6.45, 7) is 0. The first-order valence-corrected chi connectivity index (χ1v) is 8.11. The number of fused-ring (bicyclic) bond motifs is 3. The molecular formula is C19H15ClN2O2. The largest absolute Gasteiger partial charge is 0.464 e. The standard InChI is InChI=1S/C19H15ClN2O2/c1-24-19(23)17-16-9-7-12-11-13(20)8-10-15(12)18(16)22(21-17)14-5-3-2-4-6-14/h2-6,8,10-11H,7,9H2,1H3. The van der Waals surface area contributed by atoms with Gasteiger partial charge in [-0.05, 0) is 42.7 Å². The van der Waals surface area contributed by atoms with Crippen molar-refractivity contribution in [2.24, 2.45) is 0 Å². The number of rotatable bonds is 2. The topological polar surface area (TPSA) is 44.1 Å². The Morgan fingerprint density at radius 3 is 2.71 bits per heavy atom. The van der Waals surface area contributed by atoms with Crippen molar-refractivity contribution in [3.8, 4) is 16.9 Å². The van der Waals surface area contributed by atoms with Crippen molar-refractivity contribution in [1.82, 2.24) is 9.78 Å². The number of aryl methyl sites for hydroxylation is 1.